The molecule has 0 aliphatic rings. The van der Waals surface area contributed by atoms with Crippen LogP contribution in [0, 0.1) is 20.8 Å². The second-order valence-electron chi connectivity index (χ2n) is 8.43. The van der Waals surface area contributed by atoms with Crippen LogP contribution >= 0.6 is 0 Å². The summed E-state index contributed by atoms with van der Waals surface area (Å²) in [6.45, 7) is 12.7. The molecule has 1 amide bonds. The predicted octanol–water partition coefficient (Wildman–Crippen LogP) is 6.45. The van der Waals surface area contributed by atoms with Gasteiger partial charge in [-0.25, -0.2) is 4.98 Å². The SMILES string of the molecule is CCN(CC)c1ccc(CN(C(=O)c2oc3cc(C)cc(C)c3c2C)c2ccccn2)cc1. The van der Waals surface area contributed by atoms with Crippen molar-refractivity contribution in [3.8, 4) is 0 Å². The number of benzene rings is 2. The van der Waals surface area contributed by atoms with E-state index in [1.165, 1.54) is 5.69 Å². The summed E-state index contributed by atoms with van der Waals surface area (Å²) >= 11 is 0. The third kappa shape index (κ3) is 4.49. The quantitative estimate of drug-likeness (QED) is 0.331. The van der Waals surface area contributed by atoms with Gasteiger partial charge >= 0.3 is 0 Å². The van der Waals surface area contributed by atoms with Crippen LogP contribution in [0.25, 0.3) is 11.0 Å². The summed E-state index contributed by atoms with van der Waals surface area (Å²) < 4.78 is 6.12. The monoisotopic (exact) mass is 441 g/mol. The van der Waals surface area contributed by atoms with Crippen LogP contribution in [0.5, 0.6) is 0 Å². The fourth-order valence-corrected chi connectivity index (χ4v) is 4.47. The largest absolute Gasteiger partial charge is 0.451 e. The second-order valence-corrected chi connectivity index (χ2v) is 8.43. The Kier molecular flexibility index (Phi) is 6.50. The number of rotatable bonds is 7. The van der Waals surface area contributed by atoms with Crippen molar-refractivity contribution < 1.29 is 9.21 Å². The topological polar surface area (TPSA) is 49.6 Å². The van der Waals surface area contributed by atoms with Crippen LogP contribution in [0.1, 0.15) is 46.7 Å². The van der Waals surface area contributed by atoms with E-state index >= 15 is 0 Å². The van der Waals surface area contributed by atoms with Gasteiger partial charge in [-0.3, -0.25) is 9.69 Å². The molecule has 4 rings (SSSR count). The predicted molar refractivity (Wildman–Crippen MR) is 135 cm³/mol. The lowest BCUT2D eigenvalue weighted by Gasteiger charge is -2.23. The number of fused-ring (bicyclic) bond motifs is 1. The lowest BCUT2D eigenvalue weighted by molar-refractivity contribution is 0.0959. The number of hydrogen-bond acceptors (Lipinski definition) is 4. The van der Waals surface area contributed by atoms with E-state index in [2.05, 4.69) is 61.0 Å². The van der Waals surface area contributed by atoms with E-state index in [0.29, 0.717) is 18.1 Å². The van der Waals surface area contributed by atoms with Gasteiger partial charge in [0.25, 0.3) is 5.91 Å². The standard InChI is InChI=1S/C28H31N3O2/c1-6-30(7-2)23-13-11-22(12-14-23)18-31(25-10-8-9-15-29-25)28(32)27-21(5)26-20(4)16-19(3)17-24(26)33-27/h8-17H,6-7,18H2,1-5H3. The highest BCUT2D eigenvalue weighted by atomic mass is 16.3. The fraction of sp³-hybridized carbons (Fsp3) is 0.286. The first-order chi connectivity index (χ1) is 15.9. The van der Waals surface area contributed by atoms with Crippen LogP contribution in [0.3, 0.4) is 0 Å². The van der Waals surface area contributed by atoms with Gasteiger partial charge in [-0.15, -0.1) is 0 Å². The van der Waals surface area contributed by atoms with Crippen molar-refractivity contribution in [3.05, 3.63) is 88.8 Å². The Balaban J connectivity index is 1.72. The molecule has 0 radical (unpaired) electrons. The van der Waals surface area contributed by atoms with Gasteiger partial charge in [0.1, 0.15) is 11.4 Å². The lowest BCUT2D eigenvalue weighted by atomic mass is 10.0. The van der Waals surface area contributed by atoms with E-state index in [1.54, 1.807) is 11.1 Å². The molecule has 4 aromatic rings. The zero-order valence-corrected chi connectivity index (χ0v) is 20.1. The van der Waals surface area contributed by atoms with Gasteiger partial charge in [-0.05, 0) is 81.6 Å². The van der Waals surface area contributed by atoms with Gasteiger partial charge in [0.15, 0.2) is 5.76 Å². The molecule has 0 saturated carbocycles. The summed E-state index contributed by atoms with van der Waals surface area (Å²) in [4.78, 5) is 22.2. The maximum atomic E-state index is 13.8. The number of carbonyl (C=O) groups is 1. The number of hydrogen-bond donors (Lipinski definition) is 0. The van der Waals surface area contributed by atoms with Crippen LogP contribution in [0.15, 0.2) is 65.2 Å². The molecule has 0 atom stereocenters. The van der Waals surface area contributed by atoms with Crippen LogP contribution in [0.2, 0.25) is 0 Å². The summed E-state index contributed by atoms with van der Waals surface area (Å²) in [6, 6.07) is 18.1. The van der Waals surface area contributed by atoms with Crippen LogP contribution in [-0.4, -0.2) is 24.0 Å². The molecule has 33 heavy (non-hydrogen) atoms. The first kappa shape index (κ1) is 22.6. The Labute approximate surface area is 195 Å². The number of amides is 1. The van der Waals surface area contributed by atoms with E-state index < -0.39 is 0 Å². The molecular formula is C28H31N3O2. The molecule has 0 unspecified atom stereocenters. The van der Waals surface area contributed by atoms with E-state index in [9.17, 15) is 4.79 Å². The van der Waals surface area contributed by atoms with Crippen molar-refractivity contribution in [2.24, 2.45) is 0 Å². The molecule has 0 saturated heterocycles. The van der Waals surface area contributed by atoms with Gasteiger partial charge < -0.3 is 9.32 Å². The van der Waals surface area contributed by atoms with Crippen molar-refractivity contribution in [1.82, 2.24) is 4.98 Å². The minimum absolute atomic E-state index is 0.188. The molecule has 0 fully saturated rings. The molecule has 170 valence electrons. The van der Waals surface area contributed by atoms with Gasteiger partial charge in [-0.2, -0.15) is 0 Å². The Morgan fingerprint density at radius 2 is 1.70 bits per heavy atom. The second kappa shape index (κ2) is 9.49. The summed E-state index contributed by atoms with van der Waals surface area (Å²) in [7, 11) is 0. The van der Waals surface area contributed by atoms with Crippen LogP contribution in [0.4, 0.5) is 11.5 Å². The molecule has 0 bridgehead atoms. The molecule has 0 aliphatic heterocycles. The molecule has 0 N–H and O–H groups in total. The van der Waals surface area contributed by atoms with Gasteiger partial charge in [0.2, 0.25) is 0 Å². The number of anilines is 2. The summed E-state index contributed by atoms with van der Waals surface area (Å²) in [5.74, 6) is 0.777. The van der Waals surface area contributed by atoms with Gasteiger partial charge in [0, 0.05) is 35.9 Å². The molecule has 2 aromatic carbocycles. The summed E-state index contributed by atoms with van der Waals surface area (Å²) in [5, 5.41) is 1.01. The minimum atomic E-state index is -0.188. The fourth-order valence-electron chi connectivity index (χ4n) is 4.47. The third-order valence-corrected chi connectivity index (χ3v) is 6.14. The maximum absolute atomic E-state index is 13.8. The average molecular weight is 442 g/mol. The molecule has 2 heterocycles. The van der Waals surface area contributed by atoms with Crippen LogP contribution in [-0.2, 0) is 6.54 Å². The van der Waals surface area contributed by atoms with Crippen molar-refractivity contribution in [1.29, 1.82) is 0 Å². The molecule has 0 spiro atoms. The van der Waals surface area contributed by atoms with Crippen molar-refractivity contribution >= 4 is 28.4 Å². The van der Waals surface area contributed by atoms with Gasteiger partial charge in [-0.1, -0.05) is 24.3 Å². The number of aryl methyl sites for hydroxylation is 3. The smallest absolute Gasteiger partial charge is 0.295 e. The first-order valence-electron chi connectivity index (χ1n) is 11.5. The maximum Gasteiger partial charge on any atom is 0.295 e. The minimum Gasteiger partial charge on any atom is -0.451 e. The number of carbonyl (C=O) groups excluding carboxylic acids is 1. The number of furan rings is 1. The Morgan fingerprint density at radius 1 is 0.970 bits per heavy atom. The average Bonchev–Trinajstić information content (AvgIpc) is 3.15. The first-order valence-corrected chi connectivity index (χ1v) is 11.5. The zero-order chi connectivity index (χ0) is 23.5. The number of pyridine rings is 1. The normalized spacial score (nSPS) is 11.1. The summed E-state index contributed by atoms with van der Waals surface area (Å²) in [6.07, 6.45) is 1.71. The van der Waals surface area contributed by atoms with E-state index in [1.807, 2.05) is 38.1 Å². The molecule has 5 heteroatoms. The van der Waals surface area contributed by atoms with E-state index in [-0.39, 0.29) is 5.91 Å². The molecule has 2 aromatic heterocycles. The van der Waals surface area contributed by atoms with E-state index in [0.717, 1.165) is 46.3 Å². The number of aromatic nitrogens is 1. The zero-order valence-electron chi connectivity index (χ0n) is 20.1. The third-order valence-electron chi connectivity index (χ3n) is 6.14. The van der Waals surface area contributed by atoms with E-state index in [4.69, 9.17) is 4.42 Å². The Hall–Kier alpha value is -3.60. The highest BCUT2D eigenvalue weighted by molar-refractivity contribution is 6.08. The Morgan fingerprint density at radius 3 is 2.33 bits per heavy atom. The summed E-state index contributed by atoms with van der Waals surface area (Å²) in [5.41, 5.74) is 6.05. The Bertz CT molecular complexity index is 1260. The van der Waals surface area contributed by atoms with Crippen molar-refractivity contribution in [2.45, 2.75) is 41.2 Å². The highest BCUT2D eigenvalue weighted by Crippen LogP contribution is 2.31. The molecule has 5 nitrogen and oxygen atoms in total. The number of nitrogens with zero attached hydrogens (tertiary/aromatic N) is 3. The van der Waals surface area contributed by atoms with Gasteiger partial charge in [0.05, 0.1) is 6.54 Å². The van der Waals surface area contributed by atoms with Crippen molar-refractivity contribution in [3.63, 3.8) is 0 Å². The lowest BCUT2D eigenvalue weighted by Crippen LogP contribution is -2.31. The molecular weight excluding hydrogens is 410 g/mol. The van der Waals surface area contributed by atoms with Crippen LogP contribution < -0.4 is 9.80 Å². The van der Waals surface area contributed by atoms with Crippen molar-refractivity contribution in [2.75, 3.05) is 22.9 Å². The molecule has 0 aliphatic carbocycles. The highest BCUT2D eigenvalue weighted by Gasteiger charge is 2.26.